The molecule has 2 aromatic rings. The molecule has 0 aliphatic rings. The molecule has 1 aromatic carbocycles. The average molecular weight is 343 g/mol. The molecule has 1 amide bonds. The molecule has 0 aliphatic carbocycles. The summed E-state index contributed by atoms with van der Waals surface area (Å²) in [5, 5.41) is 3.92. The Hall–Kier alpha value is -1.07. The van der Waals surface area contributed by atoms with Gasteiger partial charge in [-0.15, -0.1) is 11.3 Å². The number of halogens is 2. The fourth-order valence-corrected chi connectivity index (χ4v) is 3.04. The van der Waals surface area contributed by atoms with E-state index in [4.69, 9.17) is 28.9 Å². The Labute approximate surface area is 138 Å². The number of thiophene rings is 1. The maximum atomic E-state index is 12.0. The van der Waals surface area contributed by atoms with Crippen molar-refractivity contribution in [3.05, 3.63) is 45.3 Å². The van der Waals surface area contributed by atoms with E-state index < -0.39 is 0 Å². The Balaban J connectivity index is 2.03. The number of rotatable bonds is 6. The Bertz CT molecular complexity index is 628. The number of hydrogen-bond acceptors (Lipinski definition) is 3. The predicted molar refractivity (Wildman–Crippen MR) is 90.4 cm³/mol. The molecule has 0 fully saturated rings. The lowest BCUT2D eigenvalue weighted by Crippen LogP contribution is -2.23. The molecule has 0 bridgehead atoms. The smallest absolute Gasteiger partial charge is 0.261 e. The van der Waals surface area contributed by atoms with Gasteiger partial charge in [-0.3, -0.25) is 4.79 Å². The van der Waals surface area contributed by atoms with Gasteiger partial charge in [0.1, 0.15) is 0 Å². The maximum Gasteiger partial charge on any atom is 0.261 e. The number of hydrogen-bond donors (Lipinski definition) is 2. The summed E-state index contributed by atoms with van der Waals surface area (Å²) < 4.78 is 0. The van der Waals surface area contributed by atoms with Crippen LogP contribution >= 0.6 is 34.5 Å². The number of nitrogens with one attached hydrogen (secondary N) is 1. The van der Waals surface area contributed by atoms with E-state index in [1.54, 1.807) is 12.1 Å². The molecule has 1 aromatic heterocycles. The first kappa shape index (κ1) is 16.3. The summed E-state index contributed by atoms with van der Waals surface area (Å²) >= 11 is 13.4. The van der Waals surface area contributed by atoms with Crippen molar-refractivity contribution in [3.63, 3.8) is 0 Å². The molecule has 0 saturated carbocycles. The molecule has 21 heavy (non-hydrogen) atoms. The highest BCUT2D eigenvalue weighted by Gasteiger charge is 2.10. The zero-order valence-corrected chi connectivity index (χ0v) is 13.7. The normalized spacial score (nSPS) is 10.6. The van der Waals surface area contributed by atoms with Crippen molar-refractivity contribution < 1.29 is 4.79 Å². The number of carbonyl (C=O) groups is 1. The van der Waals surface area contributed by atoms with Gasteiger partial charge in [0.05, 0.1) is 14.9 Å². The zero-order valence-electron chi connectivity index (χ0n) is 11.4. The highest BCUT2D eigenvalue weighted by atomic mass is 35.5. The summed E-state index contributed by atoms with van der Waals surface area (Å²) in [6.45, 7) is 1.30. The van der Waals surface area contributed by atoms with Crippen molar-refractivity contribution in [2.24, 2.45) is 5.73 Å². The van der Waals surface area contributed by atoms with E-state index in [0.717, 1.165) is 23.3 Å². The van der Waals surface area contributed by atoms with Crippen LogP contribution in [-0.4, -0.2) is 19.0 Å². The molecule has 1 heterocycles. The Kier molecular flexibility index (Phi) is 6.06. The van der Waals surface area contributed by atoms with Crippen LogP contribution in [0.1, 0.15) is 22.5 Å². The van der Waals surface area contributed by atoms with Crippen LogP contribution in [0.25, 0.3) is 10.4 Å². The van der Waals surface area contributed by atoms with Gasteiger partial charge in [-0.1, -0.05) is 29.3 Å². The highest BCUT2D eigenvalue weighted by molar-refractivity contribution is 7.17. The molecule has 0 spiro atoms. The molecule has 6 heteroatoms. The monoisotopic (exact) mass is 342 g/mol. The molecule has 0 radical (unpaired) electrons. The topological polar surface area (TPSA) is 55.1 Å². The predicted octanol–water partition coefficient (Wildman–Crippen LogP) is 4.19. The minimum Gasteiger partial charge on any atom is -0.351 e. The molecule has 2 rings (SSSR count). The van der Waals surface area contributed by atoms with E-state index in [1.807, 2.05) is 18.2 Å². The van der Waals surface area contributed by atoms with Gasteiger partial charge in [0, 0.05) is 11.4 Å². The Morgan fingerprint density at radius 2 is 1.95 bits per heavy atom. The van der Waals surface area contributed by atoms with Gasteiger partial charge in [-0.2, -0.15) is 0 Å². The van der Waals surface area contributed by atoms with Crippen LogP contribution in [0.4, 0.5) is 0 Å². The van der Waals surface area contributed by atoms with Crippen molar-refractivity contribution >= 4 is 40.4 Å². The molecule has 112 valence electrons. The van der Waals surface area contributed by atoms with Crippen LogP contribution in [0.3, 0.4) is 0 Å². The van der Waals surface area contributed by atoms with Crippen molar-refractivity contribution in [2.45, 2.75) is 12.8 Å². The van der Waals surface area contributed by atoms with Gasteiger partial charge < -0.3 is 11.1 Å². The van der Waals surface area contributed by atoms with Gasteiger partial charge in [0.2, 0.25) is 0 Å². The third-order valence-corrected chi connectivity index (χ3v) is 4.82. The summed E-state index contributed by atoms with van der Waals surface area (Å²) in [6, 6.07) is 9.19. The van der Waals surface area contributed by atoms with E-state index in [9.17, 15) is 4.79 Å². The minimum absolute atomic E-state index is 0.0525. The van der Waals surface area contributed by atoms with Crippen LogP contribution in [0.2, 0.25) is 10.0 Å². The lowest BCUT2D eigenvalue weighted by atomic mass is 10.2. The Morgan fingerprint density at radius 3 is 2.67 bits per heavy atom. The van der Waals surface area contributed by atoms with Crippen LogP contribution in [0, 0.1) is 0 Å². The summed E-state index contributed by atoms with van der Waals surface area (Å²) in [6.07, 6.45) is 1.81. The first-order valence-electron chi connectivity index (χ1n) is 6.65. The summed E-state index contributed by atoms with van der Waals surface area (Å²) in [5.74, 6) is -0.0525. The largest absolute Gasteiger partial charge is 0.351 e. The van der Waals surface area contributed by atoms with Crippen LogP contribution in [-0.2, 0) is 0 Å². The van der Waals surface area contributed by atoms with E-state index in [-0.39, 0.29) is 5.91 Å². The standard InChI is InChI=1S/C15H16Cl2N2OS/c16-11-4-3-10(9-12(11)17)13-5-6-14(21-13)15(20)19-8-2-1-7-18/h3-6,9H,1-2,7-8,18H2,(H,19,20). The van der Waals surface area contributed by atoms with E-state index in [1.165, 1.54) is 11.3 Å². The molecule has 0 unspecified atom stereocenters. The summed E-state index contributed by atoms with van der Waals surface area (Å²) in [5.41, 5.74) is 6.37. The molecule has 3 nitrogen and oxygen atoms in total. The second-order valence-electron chi connectivity index (χ2n) is 4.54. The van der Waals surface area contributed by atoms with Crippen molar-refractivity contribution in [3.8, 4) is 10.4 Å². The fourth-order valence-electron chi connectivity index (χ4n) is 1.82. The van der Waals surface area contributed by atoms with Gasteiger partial charge in [0.15, 0.2) is 0 Å². The molecular weight excluding hydrogens is 327 g/mol. The fraction of sp³-hybridized carbons (Fsp3) is 0.267. The van der Waals surface area contributed by atoms with Gasteiger partial charge >= 0.3 is 0 Å². The number of amides is 1. The highest BCUT2D eigenvalue weighted by Crippen LogP contribution is 2.32. The van der Waals surface area contributed by atoms with Gasteiger partial charge in [-0.25, -0.2) is 0 Å². The third-order valence-electron chi connectivity index (χ3n) is 2.95. The SMILES string of the molecule is NCCCCNC(=O)c1ccc(-c2ccc(Cl)c(Cl)c2)s1. The van der Waals surface area contributed by atoms with Crippen molar-refractivity contribution in [2.75, 3.05) is 13.1 Å². The van der Waals surface area contributed by atoms with E-state index in [2.05, 4.69) is 5.32 Å². The Morgan fingerprint density at radius 1 is 1.14 bits per heavy atom. The van der Waals surface area contributed by atoms with E-state index in [0.29, 0.717) is 28.0 Å². The first-order valence-corrected chi connectivity index (χ1v) is 8.22. The summed E-state index contributed by atoms with van der Waals surface area (Å²) in [7, 11) is 0. The third kappa shape index (κ3) is 4.45. The van der Waals surface area contributed by atoms with Crippen LogP contribution in [0.15, 0.2) is 30.3 Å². The van der Waals surface area contributed by atoms with Crippen LogP contribution < -0.4 is 11.1 Å². The van der Waals surface area contributed by atoms with E-state index >= 15 is 0 Å². The molecule has 0 saturated heterocycles. The maximum absolute atomic E-state index is 12.0. The summed E-state index contributed by atoms with van der Waals surface area (Å²) in [4.78, 5) is 13.7. The second-order valence-corrected chi connectivity index (χ2v) is 6.44. The molecule has 0 aliphatic heterocycles. The molecular formula is C15H16Cl2N2OS. The molecule has 0 atom stereocenters. The first-order chi connectivity index (χ1) is 10.1. The number of benzene rings is 1. The zero-order chi connectivity index (χ0) is 15.2. The minimum atomic E-state index is -0.0525. The quantitative estimate of drug-likeness (QED) is 0.773. The van der Waals surface area contributed by atoms with Crippen molar-refractivity contribution in [1.82, 2.24) is 5.32 Å². The number of unbranched alkanes of at least 4 members (excludes halogenated alkanes) is 1. The average Bonchev–Trinajstić information content (AvgIpc) is 2.96. The lowest BCUT2D eigenvalue weighted by molar-refractivity contribution is 0.0957. The second kappa shape index (κ2) is 7.80. The number of carbonyl (C=O) groups excluding carboxylic acids is 1. The van der Waals surface area contributed by atoms with Gasteiger partial charge in [-0.05, 0) is 49.2 Å². The van der Waals surface area contributed by atoms with Crippen molar-refractivity contribution in [1.29, 1.82) is 0 Å². The van der Waals surface area contributed by atoms with Crippen LogP contribution in [0.5, 0.6) is 0 Å². The lowest BCUT2D eigenvalue weighted by Gasteiger charge is -2.02. The van der Waals surface area contributed by atoms with Gasteiger partial charge in [0.25, 0.3) is 5.91 Å². The molecule has 3 N–H and O–H groups in total. The number of nitrogens with two attached hydrogens (primary N) is 1.